The van der Waals surface area contributed by atoms with E-state index in [4.69, 9.17) is 5.73 Å². The molecule has 2 aromatic heterocycles. The number of nitrogen functional groups attached to an aromatic ring is 1. The Hall–Kier alpha value is -2.96. The number of non-ortho nitro benzene ring substituents is 1. The van der Waals surface area contributed by atoms with Gasteiger partial charge in [-0.25, -0.2) is 4.98 Å². The molecule has 1 aromatic carbocycles. The van der Waals surface area contributed by atoms with Crippen molar-refractivity contribution in [3.8, 4) is 11.4 Å². The molecule has 0 atom stereocenters. The number of nitrogens with two attached hydrogens (primary N) is 1. The number of anilines is 1. The van der Waals surface area contributed by atoms with Crippen molar-refractivity contribution in [3.63, 3.8) is 0 Å². The van der Waals surface area contributed by atoms with E-state index < -0.39 is 4.92 Å². The number of nitro groups is 1. The lowest BCUT2D eigenvalue weighted by molar-refractivity contribution is -0.384. The summed E-state index contributed by atoms with van der Waals surface area (Å²) in [6.07, 6.45) is 3.35. The van der Waals surface area contributed by atoms with Gasteiger partial charge in [0.2, 0.25) is 0 Å². The SMILES string of the molecule is Cn1c(-c2ccc([N+](=O)[O-])cc2N)nc2cnccc21. The number of nitro benzene ring substituents is 1. The van der Waals surface area contributed by atoms with Crippen LogP contribution in [0.1, 0.15) is 0 Å². The minimum Gasteiger partial charge on any atom is -0.398 e. The first-order valence-electron chi connectivity index (χ1n) is 5.88. The zero-order valence-electron chi connectivity index (χ0n) is 10.6. The maximum atomic E-state index is 10.7. The average Bonchev–Trinajstić information content (AvgIpc) is 2.76. The van der Waals surface area contributed by atoms with Crippen LogP contribution in [0.4, 0.5) is 11.4 Å². The van der Waals surface area contributed by atoms with Crippen molar-refractivity contribution in [2.24, 2.45) is 7.05 Å². The number of fused-ring (bicyclic) bond motifs is 1. The number of nitrogens with zero attached hydrogens (tertiary/aromatic N) is 4. The van der Waals surface area contributed by atoms with Crippen molar-refractivity contribution in [1.82, 2.24) is 14.5 Å². The van der Waals surface area contributed by atoms with Gasteiger partial charge in [0.25, 0.3) is 5.69 Å². The van der Waals surface area contributed by atoms with E-state index in [0.717, 1.165) is 11.0 Å². The monoisotopic (exact) mass is 269 g/mol. The van der Waals surface area contributed by atoms with Crippen LogP contribution in [-0.2, 0) is 7.05 Å². The van der Waals surface area contributed by atoms with E-state index >= 15 is 0 Å². The summed E-state index contributed by atoms with van der Waals surface area (Å²) in [4.78, 5) is 18.7. The largest absolute Gasteiger partial charge is 0.398 e. The Labute approximate surface area is 113 Å². The standard InChI is InChI=1S/C13H11N5O2/c1-17-12-4-5-15-7-11(12)16-13(17)9-3-2-8(18(19)20)6-10(9)14/h2-7H,14H2,1H3. The van der Waals surface area contributed by atoms with Gasteiger partial charge in [0.15, 0.2) is 0 Å². The third-order valence-corrected chi connectivity index (χ3v) is 3.17. The number of hydrogen-bond acceptors (Lipinski definition) is 5. The maximum absolute atomic E-state index is 10.7. The summed E-state index contributed by atoms with van der Waals surface area (Å²) in [7, 11) is 1.87. The summed E-state index contributed by atoms with van der Waals surface area (Å²) in [6.45, 7) is 0. The molecule has 0 radical (unpaired) electrons. The predicted octanol–water partition coefficient (Wildman–Crippen LogP) is 2.13. The van der Waals surface area contributed by atoms with Crippen LogP contribution in [0, 0.1) is 10.1 Å². The highest BCUT2D eigenvalue weighted by Gasteiger charge is 2.15. The molecule has 0 bridgehead atoms. The number of imidazole rings is 1. The topological polar surface area (TPSA) is 99.9 Å². The molecule has 0 spiro atoms. The van der Waals surface area contributed by atoms with Gasteiger partial charge in [-0.1, -0.05) is 0 Å². The fraction of sp³-hybridized carbons (Fsp3) is 0.0769. The summed E-state index contributed by atoms with van der Waals surface area (Å²) in [5, 5.41) is 10.7. The van der Waals surface area contributed by atoms with Crippen LogP contribution < -0.4 is 5.73 Å². The van der Waals surface area contributed by atoms with E-state index in [9.17, 15) is 10.1 Å². The van der Waals surface area contributed by atoms with Gasteiger partial charge < -0.3 is 10.3 Å². The molecule has 100 valence electrons. The van der Waals surface area contributed by atoms with Gasteiger partial charge in [0.1, 0.15) is 11.3 Å². The third kappa shape index (κ3) is 1.76. The second-order valence-electron chi connectivity index (χ2n) is 4.39. The van der Waals surface area contributed by atoms with E-state index in [1.54, 1.807) is 18.5 Å². The lowest BCUT2D eigenvalue weighted by Gasteiger charge is -2.05. The van der Waals surface area contributed by atoms with Gasteiger partial charge in [-0.15, -0.1) is 0 Å². The molecule has 2 heterocycles. The van der Waals surface area contributed by atoms with E-state index in [1.807, 2.05) is 17.7 Å². The first-order chi connectivity index (χ1) is 9.58. The Morgan fingerprint density at radius 3 is 2.80 bits per heavy atom. The first kappa shape index (κ1) is 12.1. The van der Waals surface area contributed by atoms with Gasteiger partial charge in [-0.2, -0.15) is 0 Å². The maximum Gasteiger partial charge on any atom is 0.271 e. The van der Waals surface area contributed by atoms with E-state index in [-0.39, 0.29) is 5.69 Å². The normalized spacial score (nSPS) is 10.8. The zero-order valence-corrected chi connectivity index (χ0v) is 10.6. The molecule has 0 unspecified atom stereocenters. The highest BCUT2D eigenvalue weighted by Crippen LogP contribution is 2.30. The highest BCUT2D eigenvalue weighted by molar-refractivity contribution is 5.83. The Bertz CT molecular complexity index is 825. The molecule has 7 nitrogen and oxygen atoms in total. The average molecular weight is 269 g/mol. The van der Waals surface area contributed by atoms with Crippen molar-refractivity contribution in [1.29, 1.82) is 0 Å². The van der Waals surface area contributed by atoms with Crippen molar-refractivity contribution >= 4 is 22.4 Å². The summed E-state index contributed by atoms with van der Waals surface area (Å²) in [5.41, 5.74) is 8.54. The molecule has 0 aliphatic heterocycles. The molecule has 3 rings (SSSR count). The quantitative estimate of drug-likeness (QED) is 0.436. The summed E-state index contributed by atoms with van der Waals surface area (Å²) < 4.78 is 1.88. The molecular weight excluding hydrogens is 258 g/mol. The molecule has 0 amide bonds. The number of rotatable bonds is 2. The summed E-state index contributed by atoms with van der Waals surface area (Å²) in [5.74, 6) is 0.653. The minimum atomic E-state index is -0.473. The number of aromatic nitrogens is 3. The number of aryl methyl sites for hydroxylation is 1. The molecule has 3 aromatic rings. The minimum absolute atomic E-state index is 0.0355. The number of pyridine rings is 1. The van der Waals surface area contributed by atoms with E-state index in [1.165, 1.54) is 12.1 Å². The summed E-state index contributed by atoms with van der Waals surface area (Å²) in [6, 6.07) is 6.23. The van der Waals surface area contributed by atoms with Gasteiger partial charge in [-0.3, -0.25) is 15.1 Å². The molecule has 7 heteroatoms. The van der Waals surface area contributed by atoms with Crippen molar-refractivity contribution in [2.45, 2.75) is 0 Å². The van der Waals surface area contributed by atoms with Crippen molar-refractivity contribution < 1.29 is 4.92 Å². The van der Waals surface area contributed by atoms with E-state index in [2.05, 4.69) is 9.97 Å². The van der Waals surface area contributed by atoms with Crippen LogP contribution in [-0.4, -0.2) is 19.5 Å². The van der Waals surface area contributed by atoms with Gasteiger partial charge >= 0.3 is 0 Å². The van der Waals surface area contributed by atoms with Crippen LogP contribution in [0.3, 0.4) is 0 Å². The van der Waals surface area contributed by atoms with Crippen molar-refractivity contribution in [3.05, 3.63) is 46.8 Å². The van der Waals surface area contributed by atoms with Crippen LogP contribution in [0.25, 0.3) is 22.4 Å². The smallest absolute Gasteiger partial charge is 0.271 e. The van der Waals surface area contributed by atoms with Crippen molar-refractivity contribution in [2.75, 3.05) is 5.73 Å². The fourth-order valence-electron chi connectivity index (χ4n) is 2.16. The van der Waals surface area contributed by atoms with Crippen LogP contribution >= 0.6 is 0 Å². The number of hydrogen-bond donors (Lipinski definition) is 1. The van der Waals surface area contributed by atoms with Gasteiger partial charge in [0.05, 0.1) is 16.6 Å². The molecule has 0 aliphatic rings. The van der Waals surface area contributed by atoms with E-state index in [0.29, 0.717) is 17.1 Å². The number of benzene rings is 1. The molecule has 0 aliphatic carbocycles. The lowest BCUT2D eigenvalue weighted by Crippen LogP contribution is -1.98. The van der Waals surface area contributed by atoms with Gasteiger partial charge in [-0.05, 0) is 12.1 Å². The Morgan fingerprint density at radius 2 is 2.15 bits per heavy atom. The molecule has 0 fully saturated rings. The second kappa shape index (κ2) is 4.30. The first-order valence-corrected chi connectivity index (χ1v) is 5.88. The predicted molar refractivity (Wildman–Crippen MR) is 75.0 cm³/mol. The van der Waals surface area contributed by atoms with Crippen LogP contribution in [0.5, 0.6) is 0 Å². The molecule has 0 saturated heterocycles. The second-order valence-corrected chi connectivity index (χ2v) is 4.39. The van der Waals surface area contributed by atoms with Gasteiger partial charge in [0, 0.05) is 36.6 Å². The molecule has 2 N–H and O–H groups in total. The Kier molecular flexibility index (Phi) is 2.60. The Morgan fingerprint density at radius 1 is 1.35 bits per heavy atom. The molecular formula is C13H11N5O2. The summed E-state index contributed by atoms with van der Waals surface area (Å²) >= 11 is 0. The van der Waals surface area contributed by atoms with Crippen LogP contribution in [0.15, 0.2) is 36.7 Å². The Balaban J connectivity index is 2.20. The fourth-order valence-corrected chi connectivity index (χ4v) is 2.16. The van der Waals surface area contributed by atoms with Crippen LogP contribution in [0.2, 0.25) is 0 Å². The molecule has 20 heavy (non-hydrogen) atoms. The molecule has 0 saturated carbocycles. The third-order valence-electron chi connectivity index (χ3n) is 3.17. The highest BCUT2D eigenvalue weighted by atomic mass is 16.6. The zero-order chi connectivity index (χ0) is 14.3. The lowest BCUT2D eigenvalue weighted by atomic mass is 10.1.